The minimum atomic E-state index is 0.0978. The van der Waals surface area contributed by atoms with Gasteiger partial charge < -0.3 is 9.30 Å². The van der Waals surface area contributed by atoms with Gasteiger partial charge >= 0.3 is 0 Å². The molecule has 1 fully saturated rings. The molecule has 0 atom stereocenters. The molecular weight excluding hydrogens is 360 g/mol. The molecule has 0 bridgehead atoms. The molecule has 0 aliphatic carbocycles. The van der Waals surface area contributed by atoms with Crippen molar-refractivity contribution in [2.45, 2.75) is 19.4 Å². The van der Waals surface area contributed by atoms with E-state index in [1.165, 1.54) is 5.56 Å². The molecule has 1 aliphatic heterocycles. The van der Waals surface area contributed by atoms with Crippen LogP contribution in [0.2, 0.25) is 0 Å². The van der Waals surface area contributed by atoms with Crippen LogP contribution in [0.3, 0.4) is 0 Å². The van der Waals surface area contributed by atoms with E-state index in [4.69, 9.17) is 4.74 Å². The van der Waals surface area contributed by atoms with E-state index in [0.717, 1.165) is 54.7 Å². The number of piperidine rings is 1. The fraction of sp³-hybridized carbons (Fsp3) is 0.320. The third-order valence-electron chi connectivity index (χ3n) is 5.85. The molecule has 0 unspecified atom stereocenters. The summed E-state index contributed by atoms with van der Waals surface area (Å²) in [6.45, 7) is 3.05. The Labute approximate surface area is 172 Å². The lowest BCUT2D eigenvalue weighted by atomic mass is 9.95. The monoisotopic (exact) mass is 388 g/mol. The first kappa shape index (κ1) is 19.5. The minimum Gasteiger partial charge on any atom is -0.497 e. The highest BCUT2D eigenvalue weighted by molar-refractivity contribution is 6.13. The van der Waals surface area contributed by atoms with Gasteiger partial charge in [-0.25, -0.2) is 0 Å². The first-order chi connectivity index (χ1) is 14.1. The number of para-hydroxylation sites is 1. The third kappa shape index (κ3) is 4.43. The maximum Gasteiger partial charge on any atom is 0.187 e. The smallest absolute Gasteiger partial charge is 0.187 e. The summed E-state index contributed by atoms with van der Waals surface area (Å²) in [5.74, 6) is 1.48. The first-order valence-corrected chi connectivity index (χ1v) is 10.3. The standard InChI is InChI=1S/C25H28N2O2/c1-26-18-23(22-8-3-4-9-24(22)26)25(28)11-10-19-12-14-27(15-13-19)17-20-6-5-7-21(16-20)29-2/h3-11,16,18-19H,12-15,17H2,1-2H3/b11-10+. The number of ether oxygens (including phenoxy) is 1. The van der Waals surface area contributed by atoms with Gasteiger partial charge in [-0.1, -0.05) is 36.4 Å². The zero-order chi connectivity index (χ0) is 20.2. The number of rotatable bonds is 6. The molecule has 2 aromatic carbocycles. The molecule has 3 aromatic rings. The van der Waals surface area contributed by atoms with Crippen LogP contribution in [-0.2, 0) is 13.6 Å². The zero-order valence-corrected chi connectivity index (χ0v) is 17.2. The number of hydrogen-bond acceptors (Lipinski definition) is 3. The number of hydrogen-bond donors (Lipinski definition) is 0. The molecule has 0 radical (unpaired) electrons. The van der Waals surface area contributed by atoms with Gasteiger partial charge in [-0.15, -0.1) is 0 Å². The van der Waals surface area contributed by atoms with Crippen molar-refractivity contribution in [1.82, 2.24) is 9.47 Å². The van der Waals surface area contributed by atoms with Crippen molar-refractivity contribution in [2.75, 3.05) is 20.2 Å². The summed E-state index contributed by atoms with van der Waals surface area (Å²) in [4.78, 5) is 15.2. The van der Waals surface area contributed by atoms with Crippen LogP contribution in [0.1, 0.15) is 28.8 Å². The van der Waals surface area contributed by atoms with Crippen LogP contribution in [0.5, 0.6) is 5.75 Å². The lowest BCUT2D eigenvalue weighted by Gasteiger charge is -2.30. The molecule has 29 heavy (non-hydrogen) atoms. The summed E-state index contributed by atoms with van der Waals surface area (Å²) in [5, 5.41) is 1.03. The van der Waals surface area contributed by atoms with E-state index in [0.29, 0.717) is 5.92 Å². The quantitative estimate of drug-likeness (QED) is 0.448. The third-order valence-corrected chi connectivity index (χ3v) is 5.85. The number of methoxy groups -OCH3 is 1. The molecule has 1 aromatic heterocycles. The second kappa shape index (κ2) is 8.66. The fourth-order valence-corrected chi connectivity index (χ4v) is 4.18. The summed E-state index contributed by atoms with van der Waals surface area (Å²) >= 11 is 0. The molecule has 0 saturated carbocycles. The van der Waals surface area contributed by atoms with Crippen LogP contribution < -0.4 is 4.74 Å². The topological polar surface area (TPSA) is 34.5 Å². The predicted octanol–water partition coefficient (Wildman–Crippen LogP) is 4.84. The Morgan fingerprint density at radius 2 is 1.93 bits per heavy atom. The van der Waals surface area contributed by atoms with Crippen LogP contribution in [0.4, 0.5) is 0 Å². The Bertz CT molecular complexity index is 1030. The maximum absolute atomic E-state index is 12.8. The number of ketones is 1. The van der Waals surface area contributed by atoms with Crippen LogP contribution in [0.25, 0.3) is 10.9 Å². The number of aryl methyl sites for hydroxylation is 1. The largest absolute Gasteiger partial charge is 0.497 e. The minimum absolute atomic E-state index is 0.0978. The van der Waals surface area contributed by atoms with Crippen molar-refractivity contribution < 1.29 is 9.53 Å². The zero-order valence-electron chi connectivity index (χ0n) is 17.2. The normalized spacial score (nSPS) is 15.9. The van der Waals surface area contributed by atoms with Gasteiger partial charge in [-0.3, -0.25) is 9.69 Å². The summed E-state index contributed by atoms with van der Waals surface area (Å²) in [6, 6.07) is 16.3. The Morgan fingerprint density at radius 1 is 1.14 bits per heavy atom. The van der Waals surface area contributed by atoms with Crippen molar-refractivity contribution >= 4 is 16.7 Å². The van der Waals surface area contributed by atoms with Gasteiger partial charge in [0.1, 0.15) is 5.75 Å². The highest BCUT2D eigenvalue weighted by Crippen LogP contribution is 2.24. The Kier molecular flexibility index (Phi) is 5.81. The number of allylic oxidation sites excluding steroid dienone is 2. The van der Waals surface area contributed by atoms with Crippen molar-refractivity contribution in [1.29, 1.82) is 0 Å². The SMILES string of the molecule is COc1cccc(CN2CCC(/C=C/C(=O)c3cn(C)c4ccccc34)CC2)c1. The Hall–Kier alpha value is -2.85. The fourth-order valence-electron chi connectivity index (χ4n) is 4.18. The number of aromatic nitrogens is 1. The highest BCUT2D eigenvalue weighted by atomic mass is 16.5. The van der Waals surface area contributed by atoms with Crippen LogP contribution in [-0.4, -0.2) is 35.4 Å². The summed E-state index contributed by atoms with van der Waals surface area (Å²) in [6.07, 6.45) is 8.01. The van der Waals surface area contributed by atoms with Gasteiger partial charge in [0.25, 0.3) is 0 Å². The summed E-state index contributed by atoms with van der Waals surface area (Å²) < 4.78 is 7.34. The number of likely N-dealkylation sites (tertiary alicyclic amines) is 1. The van der Waals surface area contributed by atoms with Crippen molar-refractivity contribution in [3.05, 3.63) is 78.0 Å². The molecule has 0 amide bonds. The Morgan fingerprint density at radius 3 is 2.72 bits per heavy atom. The number of carbonyl (C=O) groups is 1. The lowest BCUT2D eigenvalue weighted by Crippen LogP contribution is -2.32. The maximum atomic E-state index is 12.8. The summed E-state index contributed by atoms with van der Waals surface area (Å²) in [5.41, 5.74) is 3.16. The molecule has 4 rings (SSSR count). The van der Waals surface area contributed by atoms with E-state index in [1.807, 2.05) is 54.2 Å². The van der Waals surface area contributed by atoms with Gasteiger partial charge in [-0.05, 0) is 61.7 Å². The molecule has 0 spiro atoms. The second-order valence-corrected chi connectivity index (χ2v) is 7.86. The molecule has 4 heteroatoms. The van der Waals surface area contributed by atoms with E-state index in [1.54, 1.807) is 13.2 Å². The van der Waals surface area contributed by atoms with Crippen LogP contribution in [0.15, 0.2) is 66.9 Å². The molecular formula is C25H28N2O2. The van der Waals surface area contributed by atoms with E-state index in [2.05, 4.69) is 23.1 Å². The Balaban J connectivity index is 1.34. The van der Waals surface area contributed by atoms with Gasteiger partial charge in [0.2, 0.25) is 0 Å². The molecule has 0 N–H and O–H groups in total. The van der Waals surface area contributed by atoms with E-state index in [9.17, 15) is 4.79 Å². The molecule has 4 nitrogen and oxygen atoms in total. The number of carbonyl (C=O) groups excluding carboxylic acids is 1. The first-order valence-electron chi connectivity index (χ1n) is 10.3. The molecule has 150 valence electrons. The number of fused-ring (bicyclic) bond motifs is 1. The second-order valence-electron chi connectivity index (χ2n) is 7.86. The van der Waals surface area contributed by atoms with Gasteiger partial charge in [0, 0.05) is 36.3 Å². The van der Waals surface area contributed by atoms with Crippen molar-refractivity contribution in [3.63, 3.8) is 0 Å². The average Bonchev–Trinajstić information content (AvgIpc) is 3.10. The molecule has 1 saturated heterocycles. The van der Waals surface area contributed by atoms with Gasteiger partial charge in [0.05, 0.1) is 7.11 Å². The van der Waals surface area contributed by atoms with Crippen molar-refractivity contribution in [3.8, 4) is 5.75 Å². The van der Waals surface area contributed by atoms with Gasteiger partial charge in [0.15, 0.2) is 5.78 Å². The van der Waals surface area contributed by atoms with Crippen LogP contribution >= 0.6 is 0 Å². The summed E-state index contributed by atoms with van der Waals surface area (Å²) in [7, 11) is 3.69. The van der Waals surface area contributed by atoms with E-state index >= 15 is 0 Å². The number of benzene rings is 2. The highest BCUT2D eigenvalue weighted by Gasteiger charge is 2.18. The van der Waals surface area contributed by atoms with E-state index < -0.39 is 0 Å². The number of nitrogens with zero attached hydrogens (tertiary/aromatic N) is 2. The van der Waals surface area contributed by atoms with Crippen molar-refractivity contribution in [2.24, 2.45) is 13.0 Å². The van der Waals surface area contributed by atoms with E-state index in [-0.39, 0.29) is 5.78 Å². The van der Waals surface area contributed by atoms with Crippen LogP contribution in [0, 0.1) is 5.92 Å². The average molecular weight is 389 g/mol. The van der Waals surface area contributed by atoms with Gasteiger partial charge in [-0.2, -0.15) is 0 Å². The molecule has 2 heterocycles. The predicted molar refractivity (Wildman–Crippen MR) is 117 cm³/mol. The lowest BCUT2D eigenvalue weighted by molar-refractivity contribution is 0.104. The molecule has 1 aliphatic rings.